The van der Waals surface area contributed by atoms with Crippen molar-refractivity contribution in [1.82, 2.24) is 14.9 Å². The molecule has 2 atom stereocenters. The van der Waals surface area contributed by atoms with Gasteiger partial charge in [-0.2, -0.15) is 0 Å². The molecule has 2 unspecified atom stereocenters. The Balaban J connectivity index is 1.64. The molecular formula is C17H28N4O. The number of hydrogen-bond acceptors (Lipinski definition) is 5. The smallest absolute Gasteiger partial charge is 0.150 e. The van der Waals surface area contributed by atoms with E-state index in [9.17, 15) is 5.11 Å². The summed E-state index contributed by atoms with van der Waals surface area (Å²) >= 11 is 0. The minimum atomic E-state index is -0.126. The van der Waals surface area contributed by atoms with E-state index in [4.69, 9.17) is 0 Å². The molecule has 1 aromatic rings. The molecule has 3 rings (SSSR count). The summed E-state index contributed by atoms with van der Waals surface area (Å²) in [5.74, 6) is 1.49. The average Bonchev–Trinajstić information content (AvgIpc) is 2.55. The number of aliphatic hydroxyl groups excluding tert-OH is 1. The Labute approximate surface area is 133 Å². The molecule has 0 aromatic carbocycles. The van der Waals surface area contributed by atoms with Crippen LogP contribution in [0.15, 0.2) is 12.4 Å². The Morgan fingerprint density at radius 3 is 2.41 bits per heavy atom. The van der Waals surface area contributed by atoms with Gasteiger partial charge in [-0.3, -0.25) is 9.88 Å². The summed E-state index contributed by atoms with van der Waals surface area (Å²) in [5.41, 5.74) is 1.14. The summed E-state index contributed by atoms with van der Waals surface area (Å²) in [6.07, 6.45) is 10.2. The summed E-state index contributed by atoms with van der Waals surface area (Å²) in [4.78, 5) is 13.6. The standard InChI is InChI=1S/C17H28N4O/c1-20(2)17-16(18-9-10-19-17)13-7-11-21(12-8-13)14-5-3-4-6-15(14)22/h9-10,13-15,22H,3-8,11-12H2,1-2H3. The lowest BCUT2D eigenvalue weighted by atomic mass is 9.87. The van der Waals surface area contributed by atoms with Crippen molar-refractivity contribution in [3.05, 3.63) is 18.1 Å². The van der Waals surface area contributed by atoms with Crippen LogP contribution < -0.4 is 4.90 Å². The van der Waals surface area contributed by atoms with E-state index in [2.05, 4.69) is 19.8 Å². The highest BCUT2D eigenvalue weighted by molar-refractivity contribution is 5.43. The molecule has 1 aromatic heterocycles. The maximum absolute atomic E-state index is 10.3. The third-order valence-corrected chi connectivity index (χ3v) is 5.21. The third kappa shape index (κ3) is 3.25. The Hall–Kier alpha value is -1.20. The highest BCUT2D eigenvalue weighted by atomic mass is 16.3. The first-order chi connectivity index (χ1) is 10.7. The van der Waals surface area contributed by atoms with E-state index in [-0.39, 0.29) is 6.10 Å². The summed E-state index contributed by atoms with van der Waals surface area (Å²) in [6.45, 7) is 2.13. The highest BCUT2D eigenvalue weighted by Crippen LogP contribution is 2.34. The van der Waals surface area contributed by atoms with E-state index >= 15 is 0 Å². The molecule has 1 N–H and O–H groups in total. The lowest BCUT2D eigenvalue weighted by Gasteiger charge is -2.41. The fourth-order valence-electron chi connectivity index (χ4n) is 4.00. The molecule has 5 heteroatoms. The average molecular weight is 304 g/mol. The van der Waals surface area contributed by atoms with Crippen LogP contribution in [0.4, 0.5) is 5.82 Å². The molecule has 0 amide bonds. The van der Waals surface area contributed by atoms with Gasteiger partial charge in [0, 0.05) is 38.4 Å². The zero-order valence-electron chi connectivity index (χ0n) is 13.8. The maximum Gasteiger partial charge on any atom is 0.150 e. The first-order valence-corrected chi connectivity index (χ1v) is 8.57. The number of aromatic nitrogens is 2. The lowest BCUT2D eigenvalue weighted by molar-refractivity contribution is 0.00854. The molecule has 1 aliphatic carbocycles. The van der Waals surface area contributed by atoms with Crippen LogP contribution in [-0.2, 0) is 0 Å². The van der Waals surface area contributed by atoms with Gasteiger partial charge in [-0.15, -0.1) is 0 Å². The second kappa shape index (κ2) is 6.92. The predicted octanol–water partition coefficient (Wildman–Crippen LogP) is 2.03. The van der Waals surface area contributed by atoms with E-state index in [1.54, 1.807) is 12.4 Å². The van der Waals surface area contributed by atoms with Crippen LogP contribution in [0, 0.1) is 0 Å². The van der Waals surface area contributed by atoms with Gasteiger partial charge in [0.2, 0.25) is 0 Å². The summed E-state index contributed by atoms with van der Waals surface area (Å²) in [7, 11) is 4.06. The minimum Gasteiger partial charge on any atom is -0.391 e. The van der Waals surface area contributed by atoms with Crippen molar-refractivity contribution in [3.63, 3.8) is 0 Å². The zero-order valence-corrected chi connectivity index (χ0v) is 13.8. The van der Waals surface area contributed by atoms with Crippen LogP contribution in [0.2, 0.25) is 0 Å². The third-order valence-electron chi connectivity index (χ3n) is 5.21. The van der Waals surface area contributed by atoms with Crippen molar-refractivity contribution >= 4 is 5.82 Å². The number of hydrogen-bond donors (Lipinski definition) is 1. The first-order valence-electron chi connectivity index (χ1n) is 8.57. The van der Waals surface area contributed by atoms with Gasteiger partial charge in [-0.05, 0) is 38.8 Å². The second-order valence-electron chi connectivity index (χ2n) is 6.89. The molecule has 22 heavy (non-hydrogen) atoms. The lowest BCUT2D eigenvalue weighted by Crippen LogP contribution is -2.48. The highest BCUT2D eigenvalue weighted by Gasteiger charge is 2.32. The number of rotatable bonds is 3. The molecule has 2 aliphatic rings. The van der Waals surface area contributed by atoms with Crippen LogP contribution in [-0.4, -0.2) is 59.3 Å². The van der Waals surface area contributed by atoms with Gasteiger partial charge >= 0.3 is 0 Å². The molecule has 0 bridgehead atoms. The van der Waals surface area contributed by atoms with E-state index in [0.29, 0.717) is 12.0 Å². The predicted molar refractivity (Wildman–Crippen MR) is 88.2 cm³/mol. The van der Waals surface area contributed by atoms with Gasteiger partial charge in [0.25, 0.3) is 0 Å². The van der Waals surface area contributed by atoms with Crippen molar-refractivity contribution in [3.8, 4) is 0 Å². The molecule has 0 radical (unpaired) electrons. The number of nitrogens with zero attached hydrogens (tertiary/aromatic N) is 4. The SMILES string of the molecule is CN(C)c1nccnc1C1CCN(C2CCCCC2O)CC1. The minimum absolute atomic E-state index is 0.126. The topological polar surface area (TPSA) is 52.5 Å². The molecule has 1 saturated carbocycles. The van der Waals surface area contributed by atoms with Gasteiger partial charge in [0.05, 0.1) is 11.8 Å². The van der Waals surface area contributed by atoms with Crippen LogP contribution >= 0.6 is 0 Å². The number of anilines is 1. The van der Waals surface area contributed by atoms with Crippen molar-refractivity contribution in [2.45, 2.75) is 56.6 Å². The molecule has 2 fully saturated rings. The van der Waals surface area contributed by atoms with Crippen molar-refractivity contribution in [1.29, 1.82) is 0 Å². The van der Waals surface area contributed by atoms with Gasteiger partial charge < -0.3 is 10.0 Å². The molecule has 122 valence electrons. The molecular weight excluding hydrogens is 276 g/mol. The monoisotopic (exact) mass is 304 g/mol. The Morgan fingerprint density at radius 2 is 1.73 bits per heavy atom. The molecule has 1 saturated heterocycles. The number of piperidine rings is 1. The molecule has 2 heterocycles. The molecule has 1 aliphatic heterocycles. The summed E-state index contributed by atoms with van der Waals surface area (Å²) in [5, 5.41) is 10.3. The van der Waals surface area contributed by atoms with E-state index in [0.717, 1.165) is 50.3 Å². The van der Waals surface area contributed by atoms with E-state index in [1.165, 1.54) is 12.8 Å². The van der Waals surface area contributed by atoms with E-state index < -0.39 is 0 Å². The van der Waals surface area contributed by atoms with Crippen LogP contribution in [0.1, 0.15) is 50.1 Å². The largest absolute Gasteiger partial charge is 0.391 e. The zero-order chi connectivity index (χ0) is 15.5. The molecule has 5 nitrogen and oxygen atoms in total. The van der Waals surface area contributed by atoms with Gasteiger partial charge in [0.15, 0.2) is 0 Å². The van der Waals surface area contributed by atoms with Gasteiger partial charge in [-0.25, -0.2) is 4.98 Å². The summed E-state index contributed by atoms with van der Waals surface area (Å²) < 4.78 is 0. The van der Waals surface area contributed by atoms with Crippen molar-refractivity contribution in [2.75, 3.05) is 32.1 Å². The Morgan fingerprint density at radius 1 is 1.05 bits per heavy atom. The fraction of sp³-hybridized carbons (Fsp3) is 0.765. The first kappa shape index (κ1) is 15.7. The number of likely N-dealkylation sites (tertiary alicyclic amines) is 1. The number of aliphatic hydroxyl groups is 1. The van der Waals surface area contributed by atoms with E-state index in [1.807, 2.05) is 14.1 Å². The van der Waals surface area contributed by atoms with Crippen LogP contribution in [0.3, 0.4) is 0 Å². The van der Waals surface area contributed by atoms with Crippen LogP contribution in [0.5, 0.6) is 0 Å². The Kier molecular flexibility index (Phi) is 4.93. The van der Waals surface area contributed by atoms with Crippen molar-refractivity contribution in [2.24, 2.45) is 0 Å². The maximum atomic E-state index is 10.3. The van der Waals surface area contributed by atoms with Crippen LogP contribution in [0.25, 0.3) is 0 Å². The van der Waals surface area contributed by atoms with Gasteiger partial charge in [-0.1, -0.05) is 12.8 Å². The fourth-order valence-corrected chi connectivity index (χ4v) is 4.00. The Bertz CT molecular complexity index is 485. The molecule has 0 spiro atoms. The quantitative estimate of drug-likeness (QED) is 0.926. The normalized spacial score (nSPS) is 27.8. The second-order valence-corrected chi connectivity index (χ2v) is 6.89. The van der Waals surface area contributed by atoms with Crippen molar-refractivity contribution < 1.29 is 5.11 Å². The summed E-state index contributed by atoms with van der Waals surface area (Å²) in [6, 6.07) is 0.380. The van der Waals surface area contributed by atoms with Gasteiger partial charge in [0.1, 0.15) is 5.82 Å².